The first kappa shape index (κ1) is 22.2. The van der Waals surface area contributed by atoms with E-state index in [2.05, 4.69) is 11.4 Å². The number of carbonyl (C=O) groups is 1. The van der Waals surface area contributed by atoms with E-state index in [1.54, 1.807) is 16.5 Å². The molecule has 0 aromatic carbocycles. The average Bonchev–Trinajstić information content (AvgIpc) is 3.00. The van der Waals surface area contributed by atoms with E-state index in [1.807, 2.05) is 34.6 Å². The largest absolute Gasteiger partial charge is 0.347 e. The lowest BCUT2D eigenvalue weighted by Crippen LogP contribution is -2.40. The number of fused-ring (bicyclic) bond motifs is 1. The molecular formula is C23H30F2N4O. The first-order valence-corrected chi connectivity index (χ1v) is 10.6. The number of rotatable bonds is 4. The summed E-state index contributed by atoms with van der Waals surface area (Å²) in [5.41, 5.74) is 2.63. The minimum Gasteiger partial charge on any atom is -0.347 e. The first-order chi connectivity index (χ1) is 13.9. The molecule has 0 unspecified atom stereocenters. The molecule has 1 saturated carbocycles. The highest BCUT2D eigenvalue weighted by atomic mass is 19.3. The Labute approximate surface area is 176 Å². The zero-order valence-corrected chi connectivity index (χ0v) is 18.4. The van der Waals surface area contributed by atoms with Gasteiger partial charge in [-0.3, -0.25) is 9.20 Å². The van der Waals surface area contributed by atoms with Crippen molar-refractivity contribution in [2.24, 2.45) is 5.92 Å². The molecule has 7 heteroatoms. The Bertz CT molecular complexity index is 985. The van der Waals surface area contributed by atoms with Crippen LogP contribution in [0.5, 0.6) is 0 Å². The molecule has 0 saturated heterocycles. The molecule has 162 valence electrons. The summed E-state index contributed by atoms with van der Waals surface area (Å²) in [4.78, 5) is 17.4. The molecule has 0 spiro atoms. The smallest absolute Gasteiger partial charge is 0.251 e. The average molecular weight is 417 g/mol. The van der Waals surface area contributed by atoms with E-state index in [-0.39, 0.29) is 30.6 Å². The molecule has 0 bridgehead atoms. The highest BCUT2D eigenvalue weighted by molar-refractivity contribution is 5.96. The van der Waals surface area contributed by atoms with Crippen LogP contribution in [0.2, 0.25) is 0 Å². The summed E-state index contributed by atoms with van der Waals surface area (Å²) in [5.74, 6) is -2.57. The highest BCUT2D eigenvalue weighted by Gasteiger charge is 2.35. The third-order valence-electron chi connectivity index (χ3n) is 5.58. The van der Waals surface area contributed by atoms with Gasteiger partial charge in [-0.1, -0.05) is 13.8 Å². The maximum Gasteiger partial charge on any atom is 0.251 e. The number of carbonyl (C=O) groups excluding carboxylic acids is 1. The van der Waals surface area contributed by atoms with Crippen molar-refractivity contribution in [2.45, 2.75) is 84.1 Å². The fraction of sp³-hybridized carbons (Fsp3) is 0.609. The van der Waals surface area contributed by atoms with Crippen molar-refractivity contribution in [1.82, 2.24) is 14.7 Å². The van der Waals surface area contributed by atoms with Gasteiger partial charge in [0.2, 0.25) is 5.92 Å². The van der Waals surface area contributed by atoms with E-state index in [9.17, 15) is 18.8 Å². The normalized spacial score (nSPS) is 17.3. The Morgan fingerprint density at radius 3 is 2.50 bits per heavy atom. The summed E-state index contributed by atoms with van der Waals surface area (Å²) in [6.45, 7) is 9.74. The Hall–Kier alpha value is -2.49. The van der Waals surface area contributed by atoms with Crippen LogP contribution in [0.25, 0.3) is 5.65 Å². The lowest BCUT2D eigenvalue weighted by atomic mass is 9.83. The molecule has 1 aliphatic rings. The number of nitrogens with one attached hydrogen (secondary N) is 1. The van der Waals surface area contributed by atoms with E-state index < -0.39 is 11.5 Å². The van der Waals surface area contributed by atoms with Crippen LogP contribution in [0.15, 0.2) is 12.1 Å². The molecular weight excluding hydrogens is 386 g/mol. The molecule has 30 heavy (non-hydrogen) atoms. The zero-order valence-electron chi connectivity index (χ0n) is 18.4. The van der Waals surface area contributed by atoms with Crippen LogP contribution in [0, 0.1) is 17.2 Å². The number of halogens is 2. The summed E-state index contributed by atoms with van der Waals surface area (Å²) >= 11 is 0. The number of imidazole rings is 1. The molecule has 2 aromatic heterocycles. The summed E-state index contributed by atoms with van der Waals surface area (Å²) in [6, 6.07) is 5.48. The summed E-state index contributed by atoms with van der Waals surface area (Å²) < 4.78 is 29.0. The number of hydrogen-bond donors (Lipinski definition) is 1. The molecule has 0 aliphatic heterocycles. The van der Waals surface area contributed by atoms with E-state index in [4.69, 9.17) is 4.98 Å². The SMILES string of the molecule is CC(C)c1nc2cc(C(=O)NC(C)(C)C)cc(C#N)n2c1CC1CCC(F)(F)CC1. The number of nitriles is 1. The van der Waals surface area contributed by atoms with Gasteiger partial charge < -0.3 is 5.32 Å². The quantitative estimate of drug-likeness (QED) is 0.742. The van der Waals surface area contributed by atoms with Crippen molar-refractivity contribution in [2.75, 3.05) is 0 Å². The van der Waals surface area contributed by atoms with Gasteiger partial charge in [0.25, 0.3) is 5.91 Å². The molecule has 1 aliphatic carbocycles. The van der Waals surface area contributed by atoms with Crippen molar-refractivity contribution < 1.29 is 13.6 Å². The molecule has 1 N–H and O–H groups in total. The standard InChI is InChI=1S/C23H30F2N4O/c1-14(2)20-18(10-15-6-8-23(24,25)9-7-15)29-17(13-26)11-16(12-19(29)27-20)21(30)28-22(3,4)5/h11-12,14-15H,6-10H2,1-5H3,(H,28,30). The molecule has 2 heterocycles. The number of alkyl halides is 2. The number of aromatic nitrogens is 2. The Balaban J connectivity index is 2.03. The Morgan fingerprint density at radius 2 is 1.97 bits per heavy atom. The van der Waals surface area contributed by atoms with Gasteiger partial charge in [0, 0.05) is 29.6 Å². The van der Waals surface area contributed by atoms with Crippen LogP contribution < -0.4 is 5.32 Å². The number of hydrogen-bond acceptors (Lipinski definition) is 3. The molecule has 0 radical (unpaired) electrons. The van der Waals surface area contributed by atoms with Crippen LogP contribution >= 0.6 is 0 Å². The monoisotopic (exact) mass is 416 g/mol. The van der Waals surface area contributed by atoms with Gasteiger partial charge in [-0.05, 0) is 64.0 Å². The maximum absolute atomic E-state index is 13.6. The van der Waals surface area contributed by atoms with Gasteiger partial charge in [0.15, 0.2) is 0 Å². The lowest BCUT2D eigenvalue weighted by Gasteiger charge is -2.28. The molecule has 5 nitrogen and oxygen atoms in total. The van der Waals surface area contributed by atoms with Crippen LogP contribution in [0.1, 0.15) is 93.7 Å². The molecule has 2 aromatic rings. The maximum atomic E-state index is 13.6. The second kappa shape index (κ2) is 7.98. The van der Waals surface area contributed by atoms with Crippen molar-refractivity contribution in [3.63, 3.8) is 0 Å². The summed E-state index contributed by atoms with van der Waals surface area (Å²) in [6.07, 6.45) is 1.35. The van der Waals surface area contributed by atoms with Crippen molar-refractivity contribution in [1.29, 1.82) is 5.26 Å². The van der Waals surface area contributed by atoms with E-state index >= 15 is 0 Å². The fourth-order valence-electron chi connectivity index (χ4n) is 4.11. The fourth-order valence-corrected chi connectivity index (χ4v) is 4.11. The zero-order chi connectivity index (χ0) is 22.3. The molecule has 1 fully saturated rings. The predicted molar refractivity (Wildman–Crippen MR) is 112 cm³/mol. The van der Waals surface area contributed by atoms with Gasteiger partial charge in [0.1, 0.15) is 17.4 Å². The van der Waals surface area contributed by atoms with Gasteiger partial charge in [-0.2, -0.15) is 5.26 Å². The summed E-state index contributed by atoms with van der Waals surface area (Å²) in [5, 5.41) is 12.7. The van der Waals surface area contributed by atoms with Crippen LogP contribution in [-0.2, 0) is 6.42 Å². The van der Waals surface area contributed by atoms with Crippen LogP contribution in [0.3, 0.4) is 0 Å². The van der Waals surface area contributed by atoms with Crippen LogP contribution in [0.4, 0.5) is 8.78 Å². The molecule has 1 amide bonds. The Morgan fingerprint density at radius 1 is 1.33 bits per heavy atom. The van der Waals surface area contributed by atoms with E-state index in [0.717, 1.165) is 11.4 Å². The van der Waals surface area contributed by atoms with Crippen molar-refractivity contribution in [3.8, 4) is 6.07 Å². The topological polar surface area (TPSA) is 70.2 Å². The Kier molecular flexibility index (Phi) is 5.90. The van der Waals surface area contributed by atoms with Gasteiger partial charge in [-0.25, -0.2) is 13.8 Å². The van der Waals surface area contributed by atoms with Gasteiger partial charge >= 0.3 is 0 Å². The van der Waals surface area contributed by atoms with Crippen molar-refractivity contribution in [3.05, 3.63) is 34.8 Å². The molecule has 0 atom stereocenters. The van der Waals surface area contributed by atoms with Crippen LogP contribution in [-0.4, -0.2) is 26.8 Å². The van der Waals surface area contributed by atoms with Crippen molar-refractivity contribution >= 4 is 11.6 Å². The minimum absolute atomic E-state index is 0.0896. The summed E-state index contributed by atoms with van der Waals surface area (Å²) in [7, 11) is 0. The minimum atomic E-state index is -2.57. The lowest BCUT2D eigenvalue weighted by molar-refractivity contribution is -0.0457. The van der Waals surface area contributed by atoms with Gasteiger partial charge in [-0.15, -0.1) is 0 Å². The second-order valence-electron chi connectivity index (χ2n) is 9.74. The number of amides is 1. The predicted octanol–water partition coefficient (Wildman–Crippen LogP) is 5.23. The highest BCUT2D eigenvalue weighted by Crippen LogP contribution is 2.38. The number of nitrogens with zero attached hydrogens (tertiary/aromatic N) is 3. The number of pyridine rings is 1. The third-order valence-corrected chi connectivity index (χ3v) is 5.58. The molecule has 3 rings (SSSR count). The third kappa shape index (κ3) is 4.80. The van der Waals surface area contributed by atoms with E-state index in [0.29, 0.717) is 36.2 Å². The van der Waals surface area contributed by atoms with E-state index in [1.165, 1.54) is 0 Å². The second-order valence-corrected chi connectivity index (χ2v) is 9.74. The van der Waals surface area contributed by atoms with Gasteiger partial charge in [0.05, 0.1) is 5.69 Å². The first-order valence-electron chi connectivity index (χ1n) is 10.6.